The summed E-state index contributed by atoms with van der Waals surface area (Å²) >= 11 is 0. The summed E-state index contributed by atoms with van der Waals surface area (Å²) in [5.74, 6) is 0. The maximum atomic E-state index is 6.56. The molecule has 0 unspecified atom stereocenters. The average molecular weight is 1040 g/mol. The zero-order valence-electron chi connectivity index (χ0n) is 45.0. The van der Waals surface area contributed by atoms with Crippen LogP contribution < -0.4 is 9.80 Å². The molecule has 0 amide bonds. The standard InChI is InChI=1S/C78H54N2O/c1-51-48-60(79(56-18-5-3-6-19-56)57-20-7-4-8-21-57)41-44-62(51)63-45-42-61(49-52(63)2)80(58-37-32-53(33-38-58)55-36-43-72-69-26-12-11-24-67(69)68-25-13-14-27-70(68)76(72)50-55)59-39-34-54(35-40-59)64-46-47-71(66-23-10-9-22-65(64)66)74-29-17-30-75-73-28-15-16-31-77(73)81-78(74)75/h3-50H,1-2H3. The fraction of sp³-hybridized carbons (Fsp3) is 0.0256. The molecule has 15 aromatic rings. The molecule has 14 aromatic carbocycles. The van der Waals surface area contributed by atoms with Crippen molar-refractivity contribution >= 4 is 99.2 Å². The van der Waals surface area contributed by atoms with Crippen molar-refractivity contribution in [2.45, 2.75) is 13.8 Å². The Morgan fingerprint density at radius 2 is 0.617 bits per heavy atom. The van der Waals surface area contributed by atoms with Crippen molar-refractivity contribution in [1.82, 2.24) is 0 Å². The number of para-hydroxylation sites is 4. The zero-order valence-corrected chi connectivity index (χ0v) is 45.0. The average Bonchev–Trinajstić information content (AvgIpc) is 4.16. The quantitative estimate of drug-likeness (QED) is 0.127. The van der Waals surface area contributed by atoms with E-state index in [-0.39, 0.29) is 0 Å². The number of hydrogen-bond acceptors (Lipinski definition) is 3. The predicted molar refractivity (Wildman–Crippen MR) is 344 cm³/mol. The Kier molecular flexibility index (Phi) is 11.6. The molecular formula is C78H54N2O. The normalized spacial score (nSPS) is 11.6. The van der Waals surface area contributed by atoms with E-state index in [2.05, 4.69) is 309 Å². The van der Waals surface area contributed by atoms with E-state index in [0.717, 1.165) is 72.8 Å². The second kappa shape index (κ2) is 19.8. The Bertz CT molecular complexity index is 4810. The first-order chi connectivity index (χ1) is 40.0. The molecule has 0 aliphatic heterocycles. The summed E-state index contributed by atoms with van der Waals surface area (Å²) in [5.41, 5.74) is 20.2. The van der Waals surface area contributed by atoms with Crippen molar-refractivity contribution in [3.05, 3.63) is 302 Å². The van der Waals surface area contributed by atoms with Crippen LogP contribution in [-0.4, -0.2) is 0 Å². The van der Waals surface area contributed by atoms with Gasteiger partial charge >= 0.3 is 0 Å². The summed E-state index contributed by atoms with van der Waals surface area (Å²) < 4.78 is 6.56. The minimum Gasteiger partial charge on any atom is -0.455 e. The van der Waals surface area contributed by atoms with Crippen LogP contribution in [0.1, 0.15) is 11.1 Å². The number of hydrogen-bond donors (Lipinski definition) is 0. The number of rotatable bonds is 10. The number of aryl methyl sites for hydroxylation is 2. The van der Waals surface area contributed by atoms with Crippen molar-refractivity contribution in [2.75, 3.05) is 9.80 Å². The van der Waals surface area contributed by atoms with E-state index in [1.54, 1.807) is 0 Å². The third-order valence-electron chi connectivity index (χ3n) is 16.5. The van der Waals surface area contributed by atoms with E-state index < -0.39 is 0 Å². The van der Waals surface area contributed by atoms with Crippen LogP contribution in [0.25, 0.3) is 110 Å². The minimum atomic E-state index is 0.903. The lowest BCUT2D eigenvalue weighted by Crippen LogP contribution is -2.10. The molecule has 0 aliphatic carbocycles. The van der Waals surface area contributed by atoms with Crippen LogP contribution in [-0.2, 0) is 0 Å². The minimum absolute atomic E-state index is 0.903. The van der Waals surface area contributed by atoms with Crippen molar-refractivity contribution in [3.8, 4) is 44.5 Å². The lowest BCUT2D eigenvalue weighted by atomic mass is 9.91. The molecule has 0 fully saturated rings. The second-order valence-corrected chi connectivity index (χ2v) is 21.3. The van der Waals surface area contributed by atoms with E-state index in [1.165, 1.54) is 82.0 Å². The van der Waals surface area contributed by atoms with Gasteiger partial charge in [-0.1, -0.05) is 206 Å². The van der Waals surface area contributed by atoms with E-state index in [9.17, 15) is 0 Å². The lowest BCUT2D eigenvalue weighted by Gasteiger charge is -2.27. The van der Waals surface area contributed by atoms with Crippen LogP contribution >= 0.6 is 0 Å². The van der Waals surface area contributed by atoms with Gasteiger partial charge in [0, 0.05) is 50.5 Å². The predicted octanol–water partition coefficient (Wildman–Crippen LogP) is 22.4. The first-order valence-electron chi connectivity index (χ1n) is 27.9. The molecule has 0 spiro atoms. The van der Waals surface area contributed by atoms with Crippen molar-refractivity contribution in [1.29, 1.82) is 0 Å². The number of nitrogens with zero attached hydrogens (tertiary/aromatic N) is 2. The Morgan fingerprint density at radius 3 is 1.17 bits per heavy atom. The Labute approximate surface area is 471 Å². The number of fused-ring (bicyclic) bond motifs is 10. The van der Waals surface area contributed by atoms with Gasteiger partial charge in [-0.25, -0.2) is 0 Å². The summed E-state index contributed by atoms with van der Waals surface area (Å²) in [4.78, 5) is 4.72. The third-order valence-corrected chi connectivity index (χ3v) is 16.5. The number of benzene rings is 14. The second-order valence-electron chi connectivity index (χ2n) is 21.3. The molecule has 3 nitrogen and oxygen atoms in total. The third kappa shape index (κ3) is 8.29. The maximum absolute atomic E-state index is 6.56. The molecule has 1 aromatic heterocycles. The van der Waals surface area contributed by atoms with Gasteiger partial charge in [0.25, 0.3) is 0 Å². The topological polar surface area (TPSA) is 19.6 Å². The fourth-order valence-corrected chi connectivity index (χ4v) is 12.7. The van der Waals surface area contributed by atoms with Gasteiger partial charge in [-0.15, -0.1) is 0 Å². The molecule has 0 aliphatic rings. The Morgan fingerprint density at radius 1 is 0.222 bits per heavy atom. The SMILES string of the molecule is Cc1cc(N(c2ccccc2)c2ccccc2)ccc1-c1ccc(N(c2ccc(-c3ccc4c5ccccc5c5ccccc5c4c3)cc2)c2ccc(-c3ccc(-c4cccc5c4oc4ccccc45)c4ccccc34)cc2)cc1C. The molecule has 3 heteroatoms. The van der Waals surface area contributed by atoms with Gasteiger partial charge in [0.05, 0.1) is 0 Å². The van der Waals surface area contributed by atoms with Crippen LogP contribution in [0.2, 0.25) is 0 Å². The van der Waals surface area contributed by atoms with Crippen LogP contribution in [0.4, 0.5) is 34.1 Å². The summed E-state index contributed by atoms with van der Waals surface area (Å²) in [5, 5.41) is 12.3. The molecule has 0 bridgehead atoms. The first kappa shape index (κ1) is 47.7. The summed E-state index contributed by atoms with van der Waals surface area (Å²) in [6.45, 7) is 4.47. The van der Waals surface area contributed by atoms with E-state index in [4.69, 9.17) is 4.42 Å². The van der Waals surface area contributed by atoms with Crippen LogP contribution in [0.15, 0.2) is 296 Å². The molecule has 0 N–H and O–H groups in total. The summed E-state index contributed by atoms with van der Waals surface area (Å²) in [7, 11) is 0. The highest BCUT2D eigenvalue weighted by atomic mass is 16.3. The molecule has 382 valence electrons. The first-order valence-corrected chi connectivity index (χ1v) is 27.9. The zero-order chi connectivity index (χ0) is 54.0. The summed E-state index contributed by atoms with van der Waals surface area (Å²) in [6, 6.07) is 106. The van der Waals surface area contributed by atoms with Gasteiger partial charge in [0.15, 0.2) is 0 Å². The van der Waals surface area contributed by atoms with Gasteiger partial charge in [-0.2, -0.15) is 0 Å². The van der Waals surface area contributed by atoms with Gasteiger partial charge in [-0.05, 0) is 192 Å². The van der Waals surface area contributed by atoms with Crippen molar-refractivity contribution in [2.24, 2.45) is 0 Å². The number of furan rings is 1. The maximum Gasteiger partial charge on any atom is 0.143 e. The van der Waals surface area contributed by atoms with Gasteiger partial charge in [0.2, 0.25) is 0 Å². The molecule has 0 radical (unpaired) electrons. The highest BCUT2D eigenvalue weighted by Gasteiger charge is 2.20. The smallest absolute Gasteiger partial charge is 0.143 e. The molecule has 0 saturated heterocycles. The van der Waals surface area contributed by atoms with Gasteiger partial charge < -0.3 is 14.2 Å². The van der Waals surface area contributed by atoms with E-state index >= 15 is 0 Å². The highest BCUT2D eigenvalue weighted by molar-refractivity contribution is 6.26. The molecular weight excluding hydrogens is 981 g/mol. The molecule has 0 saturated carbocycles. The van der Waals surface area contributed by atoms with Gasteiger partial charge in [0.1, 0.15) is 11.2 Å². The van der Waals surface area contributed by atoms with Crippen LogP contribution in [0.5, 0.6) is 0 Å². The Hall–Kier alpha value is -10.5. The van der Waals surface area contributed by atoms with Crippen molar-refractivity contribution < 1.29 is 4.42 Å². The largest absolute Gasteiger partial charge is 0.455 e. The highest BCUT2D eigenvalue weighted by Crippen LogP contribution is 2.45. The summed E-state index contributed by atoms with van der Waals surface area (Å²) in [6.07, 6.45) is 0. The van der Waals surface area contributed by atoms with Crippen molar-refractivity contribution in [3.63, 3.8) is 0 Å². The lowest BCUT2D eigenvalue weighted by molar-refractivity contribution is 0.670. The molecule has 81 heavy (non-hydrogen) atoms. The molecule has 1 heterocycles. The van der Waals surface area contributed by atoms with Gasteiger partial charge in [-0.3, -0.25) is 0 Å². The molecule has 15 rings (SSSR count). The van der Waals surface area contributed by atoms with E-state index in [1.807, 2.05) is 6.07 Å². The van der Waals surface area contributed by atoms with Crippen LogP contribution in [0, 0.1) is 13.8 Å². The Balaban J connectivity index is 0.813. The molecule has 0 atom stereocenters. The monoisotopic (exact) mass is 1030 g/mol. The van der Waals surface area contributed by atoms with Crippen LogP contribution in [0.3, 0.4) is 0 Å². The van der Waals surface area contributed by atoms with E-state index in [0.29, 0.717) is 0 Å². The number of anilines is 6. The fourth-order valence-electron chi connectivity index (χ4n) is 12.7.